The first-order valence-corrected chi connectivity index (χ1v) is 8.55. The van der Waals surface area contributed by atoms with Crippen molar-refractivity contribution in [2.75, 3.05) is 31.1 Å². The average molecular weight is 365 g/mol. The van der Waals surface area contributed by atoms with E-state index in [-0.39, 0.29) is 11.9 Å². The molecule has 0 radical (unpaired) electrons. The molecule has 2 fully saturated rings. The zero-order valence-corrected chi connectivity index (χ0v) is 14.0. The molecule has 2 aliphatic heterocycles. The normalized spacial score (nSPS) is 18.3. The Balaban J connectivity index is 1.58. The summed E-state index contributed by atoms with van der Waals surface area (Å²) in [5.41, 5.74) is -0.0106. The molecule has 0 atom stereocenters. The number of rotatable bonds is 3. The Kier molecular flexibility index (Phi) is 4.08. The van der Waals surface area contributed by atoms with Crippen LogP contribution < -0.4 is 4.90 Å². The topological polar surface area (TPSA) is 54.3 Å². The van der Waals surface area contributed by atoms with Crippen LogP contribution in [0.25, 0.3) is 0 Å². The van der Waals surface area contributed by atoms with Gasteiger partial charge >= 0.3 is 6.18 Å². The molecule has 0 saturated carbocycles. The van der Waals surface area contributed by atoms with Gasteiger partial charge in [-0.2, -0.15) is 13.2 Å². The molecule has 9 heteroatoms. The minimum atomic E-state index is -4.43. The van der Waals surface area contributed by atoms with Crippen molar-refractivity contribution in [2.24, 2.45) is 0 Å². The van der Waals surface area contributed by atoms with Crippen molar-refractivity contribution in [1.82, 2.24) is 19.9 Å². The first-order chi connectivity index (χ1) is 12.4. The molecule has 1 amide bonds. The molecule has 0 bridgehead atoms. The van der Waals surface area contributed by atoms with E-state index in [1.165, 1.54) is 6.07 Å². The van der Waals surface area contributed by atoms with Crippen LogP contribution in [0.1, 0.15) is 34.8 Å². The lowest BCUT2D eigenvalue weighted by Gasteiger charge is -2.39. The van der Waals surface area contributed by atoms with Crippen molar-refractivity contribution in [3.05, 3.63) is 41.7 Å². The molecular formula is C17H18F3N5O. The molecule has 6 nitrogen and oxygen atoms in total. The number of amides is 1. The maximum atomic E-state index is 13.1. The van der Waals surface area contributed by atoms with E-state index in [9.17, 15) is 18.0 Å². The van der Waals surface area contributed by atoms with Gasteiger partial charge in [-0.1, -0.05) is 5.21 Å². The van der Waals surface area contributed by atoms with Gasteiger partial charge in [-0.05, 0) is 31.0 Å². The van der Waals surface area contributed by atoms with Crippen LogP contribution in [-0.4, -0.2) is 52.0 Å². The molecule has 0 spiro atoms. The highest BCUT2D eigenvalue weighted by Gasteiger charge is 2.36. The van der Waals surface area contributed by atoms with Gasteiger partial charge in [0.2, 0.25) is 0 Å². The fourth-order valence-corrected chi connectivity index (χ4v) is 3.48. The number of aromatic nitrogens is 3. The lowest BCUT2D eigenvalue weighted by atomic mass is 10.0. The van der Waals surface area contributed by atoms with Crippen molar-refractivity contribution < 1.29 is 18.0 Å². The molecule has 2 aliphatic rings. The van der Waals surface area contributed by atoms with Crippen LogP contribution in [0.5, 0.6) is 0 Å². The summed E-state index contributed by atoms with van der Waals surface area (Å²) in [6, 6.07) is 3.46. The highest BCUT2D eigenvalue weighted by molar-refractivity contribution is 6.00. The second-order valence-corrected chi connectivity index (χ2v) is 6.67. The SMILES string of the molecule is O=C(c1ccc(C(F)(F)F)cc1N1CCCC1)N1CC(n2ccnn2)C1. The number of nitrogens with zero attached hydrogens (tertiary/aromatic N) is 5. The summed E-state index contributed by atoms with van der Waals surface area (Å²) in [5, 5.41) is 7.67. The van der Waals surface area contributed by atoms with Crippen LogP contribution in [-0.2, 0) is 6.18 Å². The Bertz CT molecular complexity index is 793. The van der Waals surface area contributed by atoms with E-state index in [0.29, 0.717) is 37.4 Å². The molecule has 138 valence electrons. The second-order valence-electron chi connectivity index (χ2n) is 6.67. The molecule has 0 unspecified atom stereocenters. The predicted octanol–water partition coefficient (Wildman–Crippen LogP) is 2.59. The highest BCUT2D eigenvalue weighted by atomic mass is 19.4. The van der Waals surface area contributed by atoms with Crippen LogP contribution in [0.2, 0.25) is 0 Å². The Morgan fingerprint density at radius 2 is 1.88 bits per heavy atom. The summed E-state index contributed by atoms with van der Waals surface area (Å²) in [4.78, 5) is 16.4. The van der Waals surface area contributed by atoms with Crippen LogP contribution in [0.3, 0.4) is 0 Å². The molecule has 3 heterocycles. The molecule has 1 aromatic carbocycles. The number of carbonyl (C=O) groups excluding carboxylic acids is 1. The van der Waals surface area contributed by atoms with Crippen molar-refractivity contribution >= 4 is 11.6 Å². The number of alkyl halides is 3. The first-order valence-electron chi connectivity index (χ1n) is 8.55. The monoisotopic (exact) mass is 365 g/mol. The van der Waals surface area contributed by atoms with Crippen LogP contribution in [0.4, 0.5) is 18.9 Å². The van der Waals surface area contributed by atoms with Gasteiger partial charge in [-0.15, -0.1) is 5.10 Å². The lowest BCUT2D eigenvalue weighted by molar-refractivity contribution is -0.137. The number of anilines is 1. The van der Waals surface area contributed by atoms with Gasteiger partial charge in [-0.25, -0.2) is 4.68 Å². The fraction of sp³-hybridized carbons (Fsp3) is 0.471. The summed E-state index contributed by atoms with van der Waals surface area (Å²) < 4.78 is 41.0. The van der Waals surface area contributed by atoms with Crippen LogP contribution in [0, 0.1) is 0 Å². The lowest BCUT2D eigenvalue weighted by Crippen LogP contribution is -2.51. The van der Waals surface area contributed by atoms with Crippen LogP contribution in [0.15, 0.2) is 30.6 Å². The van der Waals surface area contributed by atoms with Gasteiger partial charge in [-0.3, -0.25) is 4.79 Å². The van der Waals surface area contributed by atoms with E-state index in [4.69, 9.17) is 0 Å². The molecule has 1 aromatic heterocycles. The smallest absolute Gasteiger partial charge is 0.371 e. The number of hydrogen-bond acceptors (Lipinski definition) is 4. The minimum absolute atomic E-state index is 0.0612. The van der Waals surface area contributed by atoms with E-state index in [0.717, 1.165) is 25.0 Å². The molecule has 0 N–H and O–H groups in total. The van der Waals surface area contributed by atoms with Gasteiger partial charge in [0.1, 0.15) is 0 Å². The maximum absolute atomic E-state index is 13.1. The molecule has 0 aliphatic carbocycles. The second kappa shape index (κ2) is 6.30. The molecule has 4 rings (SSSR count). The van der Waals surface area contributed by atoms with E-state index >= 15 is 0 Å². The van der Waals surface area contributed by atoms with Crippen molar-refractivity contribution in [1.29, 1.82) is 0 Å². The Hall–Kier alpha value is -2.58. The Labute approximate surface area is 148 Å². The Morgan fingerprint density at radius 3 is 2.50 bits per heavy atom. The van der Waals surface area contributed by atoms with E-state index < -0.39 is 11.7 Å². The van der Waals surface area contributed by atoms with Crippen molar-refractivity contribution in [3.63, 3.8) is 0 Å². The van der Waals surface area contributed by atoms with Gasteiger partial charge in [0, 0.05) is 32.4 Å². The number of carbonyl (C=O) groups is 1. The van der Waals surface area contributed by atoms with Gasteiger partial charge in [0.25, 0.3) is 5.91 Å². The number of hydrogen-bond donors (Lipinski definition) is 0. The van der Waals surface area contributed by atoms with Gasteiger partial charge < -0.3 is 9.80 Å². The number of benzene rings is 1. The maximum Gasteiger partial charge on any atom is 0.416 e. The van der Waals surface area contributed by atoms with E-state index in [1.54, 1.807) is 22.0 Å². The zero-order chi connectivity index (χ0) is 18.3. The predicted molar refractivity (Wildman–Crippen MR) is 87.9 cm³/mol. The van der Waals surface area contributed by atoms with E-state index in [1.807, 2.05) is 4.90 Å². The molecule has 2 saturated heterocycles. The number of halogens is 3. The Morgan fingerprint density at radius 1 is 1.15 bits per heavy atom. The third kappa shape index (κ3) is 3.02. The van der Waals surface area contributed by atoms with Crippen LogP contribution >= 0.6 is 0 Å². The van der Waals surface area contributed by atoms with Gasteiger partial charge in [0.05, 0.1) is 29.1 Å². The fourth-order valence-electron chi connectivity index (χ4n) is 3.48. The first kappa shape index (κ1) is 16.9. The molecule has 2 aromatic rings. The summed E-state index contributed by atoms with van der Waals surface area (Å²) in [5.74, 6) is -0.239. The highest BCUT2D eigenvalue weighted by Crippen LogP contribution is 2.36. The quantitative estimate of drug-likeness (QED) is 0.839. The van der Waals surface area contributed by atoms with Gasteiger partial charge in [0.15, 0.2) is 0 Å². The standard InChI is InChI=1S/C17H18F3N5O/c18-17(19,20)12-3-4-14(15(9-12)23-6-1-2-7-23)16(26)24-10-13(11-24)25-8-5-21-22-25/h3-5,8-9,13H,1-2,6-7,10-11H2. The van der Waals surface area contributed by atoms with Crippen molar-refractivity contribution in [2.45, 2.75) is 25.1 Å². The molecular weight excluding hydrogens is 347 g/mol. The van der Waals surface area contributed by atoms with Crippen molar-refractivity contribution in [3.8, 4) is 0 Å². The summed E-state index contributed by atoms with van der Waals surface area (Å²) in [7, 11) is 0. The number of likely N-dealkylation sites (tertiary alicyclic amines) is 1. The zero-order valence-electron chi connectivity index (χ0n) is 14.0. The molecule has 26 heavy (non-hydrogen) atoms. The largest absolute Gasteiger partial charge is 0.416 e. The summed E-state index contributed by atoms with van der Waals surface area (Å²) in [6.45, 7) is 2.29. The summed E-state index contributed by atoms with van der Waals surface area (Å²) >= 11 is 0. The third-order valence-corrected chi connectivity index (χ3v) is 4.97. The third-order valence-electron chi connectivity index (χ3n) is 4.97. The minimum Gasteiger partial charge on any atom is -0.371 e. The summed E-state index contributed by atoms with van der Waals surface area (Å²) in [6.07, 6.45) is 0.723. The van der Waals surface area contributed by atoms with E-state index in [2.05, 4.69) is 10.3 Å². The average Bonchev–Trinajstić information content (AvgIpc) is 3.25.